The predicted octanol–water partition coefficient (Wildman–Crippen LogP) is 2.52. The van der Waals surface area contributed by atoms with Crippen molar-refractivity contribution >= 4 is 41.8 Å². The van der Waals surface area contributed by atoms with Crippen LogP contribution in [0, 0.1) is 5.92 Å². The monoisotopic (exact) mass is 402 g/mol. The number of hydrogen-bond donors (Lipinski definition) is 1. The van der Waals surface area contributed by atoms with E-state index in [1.807, 2.05) is 42.9 Å². The van der Waals surface area contributed by atoms with E-state index >= 15 is 0 Å². The number of fused-ring (bicyclic) bond motifs is 1. The Bertz CT molecular complexity index is 737. The van der Waals surface area contributed by atoms with Gasteiger partial charge in [0.25, 0.3) is 0 Å². The van der Waals surface area contributed by atoms with E-state index in [1.54, 1.807) is 12.0 Å². The standard InChI is InChI=1S/C18H26N4O2.2ClH/c1-21(18(23)12-8-9-13(19)16(10-12)24-3)11-17-20-14-6-4-5-7-15(14)22(17)2;;/h4-7,12-13,16H,8-11,19H2,1-3H3;2*1H/t12-,13+,16+;;/m0../s1. The molecule has 6 nitrogen and oxygen atoms in total. The first kappa shape index (κ1) is 22.7. The Morgan fingerprint density at radius 1 is 1.35 bits per heavy atom. The van der Waals surface area contributed by atoms with Crippen LogP contribution in [0.1, 0.15) is 25.1 Å². The molecule has 1 aliphatic carbocycles. The Kier molecular flexibility index (Phi) is 8.34. The highest BCUT2D eigenvalue weighted by Crippen LogP contribution is 2.27. The van der Waals surface area contributed by atoms with Crippen molar-refractivity contribution in [2.45, 2.75) is 38.0 Å². The fourth-order valence-corrected chi connectivity index (χ4v) is 3.59. The van der Waals surface area contributed by atoms with Crippen LogP contribution >= 0.6 is 24.8 Å². The number of aryl methyl sites for hydroxylation is 1. The smallest absolute Gasteiger partial charge is 0.225 e. The fourth-order valence-electron chi connectivity index (χ4n) is 3.59. The minimum atomic E-state index is -0.0307. The van der Waals surface area contributed by atoms with Crippen LogP contribution in [0.4, 0.5) is 0 Å². The molecule has 26 heavy (non-hydrogen) atoms. The molecule has 1 heterocycles. The quantitative estimate of drug-likeness (QED) is 0.852. The van der Waals surface area contributed by atoms with Crippen molar-refractivity contribution in [3.05, 3.63) is 30.1 Å². The van der Waals surface area contributed by atoms with Gasteiger partial charge < -0.3 is 19.9 Å². The number of methoxy groups -OCH3 is 1. The number of para-hydroxylation sites is 2. The molecule has 0 radical (unpaired) electrons. The van der Waals surface area contributed by atoms with Gasteiger partial charge in [-0.3, -0.25) is 4.79 Å². The summed E-state index contributed by atoms with van der Waals surface area (Å²) in [5.41, 5.74) is 8.09. The number of ether oxygens (including phenoxy) is 1. The number of nitrogens with two attached hydrogens (primary N) is 1. The molecule has 2 N–H and O–H groups in total. The molecule has 0 aliphatic heterocycles. The zero-order chi connectivity index (χ0) is 17.3. The lowest BCUT2D eigenvalue weighted by Gasteiger charge is -2.34. The minimum Gasteiger partial charge on any atom is -0.380 e. The SMILES string of the molecule is CO[C@@H]1C[C@@H](C(=O)N(C)Cc2nc3ccccc3n2C)CC[C@H]1N.Cl.Cl. The van der Waals surface area contributed by atoms with E-state index in [-0.39, 0.29) is 48.8 Å². The number of nitrogens with zero attached hydrogens (tertiary/aromatic N) is 3. The molecule has 1 aromatic heterocycles. The number of aromatic nitrogens is 2. The maximum atomic E-state index is 12.8. The van der Waals surface area contributed by atoms with Gasteiger partial charge in [-0.05, 0) is 31.4 Å². The van der Waals surface area contributed by atoms with Crippen molar-refractivity contribution in [2.75, 3.05) is 14.2 Å². The Balaban J connectivity index is 0.00000169. The Morgan fingerprint density at radius 2 is 2.04 bits per heavy atom. The highest BCUT2D eigenvalue weighted by atomic mass is 35.5. The highest BCUT2D eigenvalue weighted by molar-refractivity contribution is 5.85. The Morgan fingerprint density at radius 3 is 2.69 bits per heavy atom. The summed E-state index contributed by atoms with van der Waals surface area (Å²) >= 11 is 0. The van der Waals surface area contributed by atoms with Crippen LogP contribution in [0.5, 0.6) is 0 Å². The predicted molar refractivity (Wildman–Crippen MR) is 108 cm³/mol. The molecule has 1 saturated carbocycles. The molecule has 0 bridgehead atoms. The fraction of sp³-hybridized carbons (Fsp3) is 0.556. The molecule has 8 heteroatoms. The van der Waals surface area contributed by atoms with Gasteiger partial charge in [-0.25, -0.2) is 4.98 Å². The second-order valence-electron chi connectivity index (χ2n) is 6.72. The number of halogens is 2. The van der Waals surface area contributed by atoms with E-state index in [9.17, 15) is 4.79 Å². The molecular formula is C18H28Cl2N4O2. The maximum absolute atomic E-state index is 12.8. The van der Waals surface area contributed by atoms with Gasteiger partial charge in [-0.15, -0.1) is 24.8 Å². The van der Waals surface area contributed by atoms with Gasteiger partial charge in [-0.2, -0.15) is 0 Å². The summed E-state index contributed by atoms with van der Waals surface area (Å²) in [5.74, 6) is 1.02. The zero-order valence-electron chi connectivity index (χ0n) is 15.4. The first-order chi connectivity index (χ1) is 11.5. The van der Waals surface area contributed by atoms with Gasteiger partial charge in [0.2, 0.25) is 5.91 Å². The molecule has 1 aromatic carbocycles. The van der Waals surface area contributed by atoms with Crippen LogP contribution < -0.4 is 5.73 Å². The van der Waals surface area contributed by atoms with Crippen LogP contribution in [-0.4, -0.2) is 46.7 Å². The van der Waals surface area contributed by atoms with Crippen molar-refractivity contribution < 1.29 is 9.53 Å². The van der Waals surface area contributed by atoms with Crippen molar-refractivity contribution in [1.29, 1.82) is 0 Å². The molecule has 1 amide bonds. The average Bonchev–Trinajstić information content (AvgIpc) is 2.91. The van der Waals surface area contributed by atoms with Crippen molar-refractivity contribution in [1.82, 2.24) is 14.5 Å². The summed E-state index contributed by atoms with van der Waals surface area (Å²) in [6.45, 7) is 0.504. The summed E-state index contributed by atoms with van der Waals surface area (Å²) in [6.07, 6.45) is 2.32. The number of carbonyl (C=O) groups is 1. The molecule has 1 aliphatic rings. The summed E-state index contributed by atoms with van der Waals surface area (Å²) in [6, 6.07) is 8.04. The Labute approximate surface area is 166 Å². The Hall–Kier alpha value is -1.34. The largest absolute Gasteiger partial charge is 0.380 e. The van der Waals surface area contributed by atoms with Crippen LogP contribution in [0.15, 0.2) is 24.3 Å². The van der Waals surface area contributed by atoms with Crippen molar-refractivity contribution in [3.63, 3.8) is 0 Å². The zero-order valence-corrected chi connectivity index (χ0v) is 17.1. The summed E-state index contributed by atoms with van der Waals surface area (Å²) in [7, 11) is 5.50. The topological polar surface area (TPSA) is 73.4 Å². The van der Waals surface area contributed by atoms with E-state index in [0.29, 0.717) is 13.0 Å². The maximum Gasteiger partial charge on any atom is 0.225 e. The lowest BCUT2D eigenvalue weighted by molar-refractivity contribution is -0.137. The first-order valence-corrected chi connectivity index (χ1v) is 8.45. The third-order valence-electron chi connectivity index (χ3n) is 5.13. The molecule has 0 spiro atoms. The number of hydrogen-bond acceptors (Lipinski definition) is 4. The molecule has 0 saturated heterocycles. The lowest BCUT2D eigenvalue weighted by Crippen LogP contribution is -2.45. The van der Waals surface area contributed by atoms with Crippen LogP contribution in [0.3, 0.4) is 0 Å². The normalized spacial score (nSPS) is 22.4. The summed E-state index contributed by atoms with van der Waals surface area (Å²) in [5, 5.41) is 0. The van der Waals surface area contributed by atoms with E-state index in [1.165, 1.54) is 0 Å². The van der Waals surface area contributed by atoms with Crippen molar-refractivity contribution in [2.24, 2.45) is 18.7 Å². The minimum absolute atomic E-state index is 0. The third kappa shape index (κ3) is 4.49. The lowest BCUT2D eigenvalue weighted by atomic mass is 9.83. The number of amides is 1. The molecule has 146 valence electrons. The molecular weight excluding hydrogens is 375 g/mol. The van der Waals surface area contributed by atoms with Gasteiger partial charge in [0.15, 0.2) is 0 Å². The molecule has 3 atom stereocenters. The van der Waals surface area contributed by atoms with Gasteiger partial charge in [0.1, 0.15) is 5.82 Å². The molecule has 2 aromatic rings. The van der Waals surface area contributed by atoms with E-state index < -0.39 is 0 Å². The van der Waals surface area contributed by atoms with Gasteiger partial charge >= 0.3 is 0 Å². The highest BCUT2D eigenvalue weighted by Gasteiger charge is 2.33. The number of benzene rings is 1. The van der Waals surface area contributed by atoms with Gasteiger partial charge in [-0.1, -0.05) is 12.1 Å². The number of imidazole rings is 1. The second kappa shape index (κ2) is 9.55. The molecule has 1 fully saturated rings. The van der Waals surface area contributed by atoms with Crippen LogP contribution in [-0.2, 0) is 23.1 Å². The van der Waals surface area contributed by atoms with Crippen LogP contribution in [0.25, 0.3) is 11.0 Å². The van der Waals surface area contributed by atoms with E-state index in [4.69, 9.17) is 10.5 Å². The van der Waals surface area contributed by atoms with E-state index in [0.717, 1.165) is 29.7 Å². The van der Waals surface area contributed by atoms with Gasteiger partial charge in [0.05, 0.1) is 23.7 Å². The van der Waals surface area contributed by atoms with Crippen molar-refractivity contribution in [3.8, 4) is 0 Å². The average molecular weight is 403 g/mol. The van der Waals surface area contributed by atoms with Crippen LogP contribution in [0.2, 0.25) is 0 Å². The number of rotatable bonds is 4. The second-order valence-corrected chi connectivity index (χ2v) is 6.72. The molecule has 3 rings (SSSR count). The summed E-state index contributed by atoms with van der Waals surface area (Å²) < 4.78 is 7.48. The number of carbonyl (C=O) groups excluding carboxylic acids is 1. The van der Waals surface area contributed by atoms with Gasteiger partial charge in [0, 0.05) is 33.2 Å². The molecule has 0 unspecified atom stereocenters. The van der Waals surface area contributed by atoms with E-state index in [2.05, 4.69) is 4.98 Å². The third-order valence-corrected chi connectivity index (χ3v) is 5.13. The first-order valence-electron chi connectivity index (χ1n) is 8.45. The summed E-state index contributed by atoms with van der Waals surface area (Å²) in [4.78, 5) is 19.2.